The Morgan fingerprint density at radius 1 is 1.58 bits per heavy atom. The van der Waals surface area contributed by atoms with E-state index in [1.165, 1.54) is 9.80 Å². The van der Waals surface area contributed by atoms with Gasteiger partial charge in [0, 0.05) is 13.6 Å². The lowest BCUT2D eigenvalue weighted by molar-refractivity contribution is -0.147. The highest BCUT2D eigenvalue weighted by Gasteiger charge is 2.46. The van der Waals surface area contributed by atoms with E-state index in [4.69, 9.17) is 4.42 Å². The summed E-state index contributed by atoms with van der Waals surface area (Å²) in [6.45, 7) is 2.41. The van der Waals surface area contributed by atoms with Crippen LogP contribution < -0.4 is 0 Å². The van der Waals surface area contributed by atoms with Crippen molar-refractivity contribution in [1.82, 2.24) is 9.80 Å². The lowest BCUT2D eigenvalue weighted by Crippen LogP contribution is -2.54. The molecule has 0 spiro atoms. The van der Waals surface area contributed by atoms with Gasteiger partial charge in [0.15, 0.2) is 0 Å². The number of nitrogens with zero attached hydrogens (tertiary/aromatic N) is 2. The molecule has 2 rings (SSSR count). The molecule has 1 fully saturated rings. The fourth-order valence-corrected chi connectivity index (χ4v) is 2.40. The summed E-state index contributed by atoms with van der Waals surface area (Å²) in [5.41, 5.74) is -1.10. The number of carboxylic acids is 1. The Labute approximate surface area is 111 Å². The molecule has 1 aliphatic rings. The Morgan fingerprint density at radius 3 is 2.89 bits per heavy atom. The average molecular weight is 266 g/mol. The zero-order chi connectivity index (χ0) is 14.0. The van der Waals surface area contributed by atoms with Gasteiger partial charge in [-0.05, 0) is 31.9 Å². The van der Waals surface area contributed by atoms with Gasteiger partial charge in [-0.3, -0.25) is 0 Å². The molecule has 1 aliphatic heterocycles. The summed E-state index contributed by atoms with van der Waals surface area (Å²) in [7, 11) is 1.64. The van der Waals surface area contributed by atoms with Crippen molar-refractivity contribution in [2.45, 2.75) is 31.8 Å². The molecule has 104 valence electrons. The summed E-state index contributed by atoms with van der Waals surface area (Å²) in [6, 6.07) is 3.26. The number of hydrogen-bond acceptors (Lipinski definition) is 3. The first-order chi connectivity index (χ1) is 8.95. The molecule has 6 nitrogen and oxygen atoms in total. The monoisotopic (exact) mass is 266 g/mol. The van der Waals surface area contributed by atoms with Crippen molar-refractivity contribution in [3.8, 4) is 0 Å². The van der Waals surface area contributed by atoms with Gasteiger partial charge < -0.3 is 19.3 Å². The van der Waals surface area contributed by atoms with E-state index in [1.807, 2.05) is 0 Å². The smallest absolute Gasteiger partial charge is 0.329 e. The van der Waals surface area contributed by atoms with Crippen LogP contribution in [0.5, 0.6) is 0 Å². The van der Waals surface area contributed by atoms with Crippen LogP contribution in [-0.2, 0) is 11.3 Å². The Balaban J connectivity index is 2.08. The third-order valence-corrected chi connectivity index (χ3v) is 3.63. The van der Waals surface area contributed by atoms with Gasteiger partial charge in [-0.2, -0.15) is 0 Å². The molecule has 0 aromatic carbocycles. The summed E-state index contributed by atoms with van der Waals surface area (Å²) in [4.78, 5) is 26.6. The molecule has 1 N–H and O–H groups in total. The highest BCUT2D eigenvalue weighted by atomic mass is 16.4. The molecule has 0 saturated carbocycles. The Kier molecular flexibility index (Phi) is 3.50. The second-order valence-corrected chi connectivity index (χ2v) is 5.05. The van der Waals surface area contributed by atoms with Crippen LogP contribution >= 0.6 is 0 Å². The minimum Gasteiger partial charge on any atom is -0.480 e. The van der Waals surface area contributed by atoms with Crippen molar-refractivity contribution in [1.29, 1.82) is 0 Å². The number of carbonyl (C=O) groups is 2. The van der Waals surface area contributed by atoms with Crippen molar-refractivity contribution in [2.24, 2.45) is 0 Å². The van der Waals surface area contributed by atoms with E-state index in [0.29, 0.717) is 31.7 Å². The molecule has 0 radical (unpaired) electrons. The third kappa shape index (κ3) is 2.43. The number of aliphatic carboxylic acids is 1. The van der Waals surface area contributed by atoms with Crippen LogP contribution in [-0.4, -0.2) is 46.0 Å². The van der Waals surface area contributed by atoms with E-state index in [1.54, 1.807) is 32.4 Å². The second-order valence-electron chi connectivity index (χ2n) is 5.05. The highest BCUT2D eigenvalue weighted by Crippen LogP contribution is 2.30. The van der Waals surface area contributed by atoms with E-state index in [2.05, 4.69) is 0 Å². The van der Waals surface area contributed by atoms with Crippen molar-refractivity contribution in [3.63, 3.8) is 0 Å². The first-order valence-electron chi connectivity index (χ1n) is 6.23. The fraction of sp³-hybridized carbons (Fsp3) is 0.538. The molecule has 1 atom stereocenters. The van der Waals surface area contributed by atoms with Crippen LogP contribution in [0.1, 0.15) is 25.5 Å². The highest BCUT2D eigenvalue weighted by molar-refractivity contribution is 5.86. The number of hydrogen-bond donors (Lipinski definition) is 1. The maximum absolute atomic E-state index is 12.3. The van der Waals surface area contributed by atoms with E-state index in [9.17, 15) is 14.7 Å². The molecule has 0 aliphatic carbocycles. The van der Waals surface area contributed by atoms with E-state index < -0.39 is 11.5 Å². The van der Waals surface area contributed by atoms with Crippen LogP contribution in [0.2, 0.25) is 0 Å². The van der Waals surface area contributed by atoms with Crippen molar-refractivity contribution < 1.29 is 19.1 Å². The number of furan rings is 1. The quantitative estimate of drug-likeness (QED) is 0.904. The number of rotatable bonds is 3. The molecule has 6 heteroatoms. The number of carbonyl (C=O) groups excluding carboxylic acids is 1. The molecule has 1 saturated heterocycles. The standard InChI is InChI=1S/C13H18N2O4/c1-13(11(16)17)6-4-7-15(13)12(18)14(2)9-10-5-3-8-19-10/h3,5,8H,4,6-7,9H2,1-2H3,(H,16,17). The van der Waals surface area contributed by atoms with Gasteiger partial charge in [-0.15, -0.1) is 0 Å². The minimum absolute atomic E-state index is 0.279. The minimum atomic E-state index is -1.10. The van der Waals surface area contributed by atoms with Gasteiger partial charge in [-0.1, -0.05) is 0 Å². The summed E-state index contributed by atoms with van der Waals surface area (Å²) in [5, 5.41) is 9.30. The summed E-state index contributed by atoms with van der Waals surface area (Å²) in [5.74, 6) is -0.281. The predicted octanol–water partition coefficient (Wildman–Crippen LogP) is 1.77. The zero-order valence-electron chi connectivity index (χ0n) is 11.1. The van der Waals surface area contributed by atoms with E-state index in [0.717, 1.165) is 0 Å². The first kappa shape index (κ1) is 13.5. The van der Waals surface area contributed by atoms with Crippen LogP contribution in [0.15, 0.2) is 22.8 Å². The molecule has 0 bridgehead atoms. The number of amides is 2. The lowest BCUT2D eigenvalue weighted by Gasteiger charge is -2.34. The Morgan fingerprint density at radius 2 is 2.32 bits per heavy atom. The lowest BCUT2D eigenvalue weighted by atomic mass is 10.00. The van der Waals surface area contributed by atoms with Gasteiger partial charge in [0.25, 0.3) is 0 Å². The van der Waals surface area contributed by atoms with Crippen molar-refractivity contribution in [3.05, 3.63) is 24.2 Å². The van der Waals surface area contributed by atoms with Gasteiger partial charge in [0.05, 0.1) is 12.8 Å². The third-order valence-electron chi connectivity index (χ3n) is 3.63. The summed E-state index contributed by atoms with van der Waals surface area (Å²) in [6.07, 6.45) is 2.75. The number of urea groups is 1. The van der Waals surface area contributed by atoms with E-state index >= 15 is 0 Å². The molecular weight excluding hydrogens is 248 g/mol. The summed E-state index contributed by atoms with van der Waals surface area (Å²) >= 11 is 0. The van der Waals surface area contributed by atoms with Gasteiger partial charge >= 0.3 is 12.0 Å². The molecule has 2 heterocycles. The second kappa shape index (κ2) is 4.95. The summed E-state index contributed by atoms with van der Waals surface area (Å²) < 4.78 is 5.19. The molecular formula is C13H18N2O4. The first-order valence-corrected chi connectivity index (χ1v) is 6.23. The number of likely N-dealkylation sites (tertiary alicyclic amines) is 1. The molecule has 2 amide bonds. The van der Waals surface area contributed by atoms with Gasteiger partial charge in [0.1, 0.15) is 11.3 Å². The molecule has 19 heavy (non-hydrogen) atoms. The SMILES string of the molecule is CN(Cc1ccco1)C(=O)N1CCCC1(C)C(=O)O. The van der Waals surface area contributed by atoms with Crippen LogP contribution in [0.25, 0.3) is 0 Å². The van der Waals surface area contributed by atoms with E-state index in [-0.39, 0.29) is 6.03 Å². The predicted molar refractivity (Wildman–Crippen MR) is 67.6 cm³/mol. The maximum Gasteiger partial charge on any atom is 0.329 e. The van der Waals surface area contributed by atoms with Crippen LogP contribution in [0.3, 0.4) is 0 Å². The largest absolute Gasteiger partial charge is 0.480 e. The van der Waals surface area contributed by atoms with Gasteiger partial charge in [0.2, 0.25) is 0 Å². The van der Waals surface area contributed by atoms with Gasteiger partial charge in [-0.25, -0.2) is 9.59 Å². The van der Waals surface area contributed by atoms with Crippen LogP contribution in [0, 0.1) is 0 Å². The molecule has 1 unspecified atom stereocenters. The number of carboxylic acid groups (broad SMARTS) is 1. The van der Waals surface area contributed by atoms with Crippen LogP contribution in [0.4, 0.5) is 4.79 Å². The Bertz CT molecular complexity index is 471. The maximum atomic E-state index is 12.3. The molecule has 1 aromatic rings. The average Bonchev–Trinajstić information content (AvgIpc) is 2.98. The fourth-order valence-electron chi connectivity index (χ4n) is 2.40. The topological polar surface area (TPSA) is 74.0 Å². The van der Waals surface area contributed by atoms with Crippen molar-refractivity contribution in [2.75, 3.05) is 13.6 Å². The normalized spacial score (nSPS) is 22.5. The Hall–Kier alpha value is -1.98. The van der Waals surface area contributed by atoms with Crippen molar-refractivity contribution >= 4 is 12.0 Å². The molecule has 1 aromatic heterocycles. The zero-order valence-corrected chi connectivity index (χ0v) is 11.1.